The molecule has 2 rings (SSSR count). The largest absolute Gasteiger partial charge is 0.252 e. The monoisotopic (exact) mass is 268 g/mol. The molecule has 0 unspecified atom stereocenters. The zero-order chi connectivity index (χ0) is 9.97. The molecule has 0 N–H and O–H groups in total. The second kappa shape index (κ2) is 3.90. The van der Waals surface area contributed by atoms with Crippen LogP contribution in [-0.4, -0.2) is 14.8 Å². The summed E-state index contributed by atoms with van der Waals surface area (Å²) in [6.07, 6.45) is 1.56. The Bertz CT molecular complexity index is 481. The van der Waals surface area contributed by atoms with Crippen LogP contribution in [0, 0.1) is 11.3 Å². The Morgan fingerprint density at radius 1 is 1.64 bits per heavy atom. The number of hydrogen-bond acceptors (Lipinski definition) is 4. The normalized spacial score (nSPS) is 10.0. The minimum atomic E-state index is 0.209. The molecule has 0 saturated heterocycles. The summed E-state index contributed by atoms with van der Waals surface area (Å²) in [5.41, 5.74) is 0. The Morgan fingerprint density at radius 2 is 2.50 bits per heavy atom. The van der Waals surface area contributed by atoms with E-state index in [1.54, 1.807) is 22.3 Å². The Balaban J connectivity index is 2.15. The zero-order valence-electron chi connectivity index (χ0n) is 7.01. The highest BCUT2D eigenvalue weighted by atomic mass is 79.9. The Morgan fingerprint density at radius 3 is 3.07 bits per heavy atom. The van der Waals surface area contributed by atoms with Gasteiger partial charge < -0.3 is 0 Å². The molecule has 0 aliphatic rings. The average Bonchev–Trinajstić information content (AvgIpc) is 2.76. The van der Waals surface area contributed by atoms with Crippen LogP contribution in [0.4, 0.5) is 0 Å². The van der Waals surface area contributed by atoms with Crippen LogP contribution in [0.15, 0.2) is 22.2 Å². The van der Waals surface area contributed by atoms with Crippen molar-refractivity contribution in [3.8, 4) is 6.07 Å². The van der Waals surface area contributed by atoms with Crippen molar-refractivity contribution in [2.24, 2.45) is 0 Å². The van der Waals surface area contributed by atoms with E-state index in [2.05, 4.69) is 26.0 Å². The van der Waals surface area contributed by atoms with E-state index in [1.165, 1.54) is 4.88 Å². The number of nitrogens with zero attached hydrogens (tertiary/aromatic N) is 4. The van der Waals surface area contributed by atoms with Crippen molar-refractivity contribution in [3.63, 3.8) is 0 Å². The van der Waals surface area contributed by atoms with Crippen LogP contribution in [0.3, 0.4) is 0 Å². The Kier molecular flexibility index (Phi) is 2.61. The number of aromatic nitrogens is 3. The van der Waals surface area contributed by atoms with Crippen molar-refractivity contribution in [1.82, 2.24) is 14.8 Å². The third-order valence-corrected chi connectivity index (χ3v) is 3.26. The van der Waals surface area contributed by atoms with Crippen LogP contribution in [0.1, 0.15) is 10.7 Å². The summed E-state index contributed by atoms with van der Waals surface area (Å²) >= 11 is 5.02. The maximum Gasteiger partial charge on any atom is 0.252 e. The molecule has 2 heterocycles. The molecule has 0 bridgehead atoms. The summed E-state index contributed by atoms with van der Waals surface area (Å²) in [6.45, 7) is 0.658. The first-order valence-electron chi connectivity index (χ1n) is 3.80. The van der Waals surface area contributed by atoms with Crippen molar-refractivity contribution in [3.05, 3.63) is 32.9 Å². The highest BCUT2D eigenvalue weighted by molar-refractivity contribution is 9.10. The van der Waals surface area contributed by atoms with Gasteiger partial charge in [-0.3, -0.25) is 0 Å². The summed E-state index contributed by atoms with van der Waals surface area (Å²) < 4.78 is 2.72. The van der Waals surface area contributed by atoms with Crippen molar-refractivity contribution in [1.29, 1.82) is 5.26 Å². The first-order valence-corrected chi connectivity index (χ1v) is 5.47. The molecule has 0 aromatic carbocycles. The lowest BCUT2D eigenvalue weighted by Gasteiger charge is -1.94. The smallest absolute Gasteiger partial charge is 0.246 e. The summed E-state index contributed by atoms with van der Waals surface area (Å²) in [4.78, 5) is 4.99. The van der Waals surface area contributed by atoms with Gasteiger partial charge in [-0.1, -0.05) is 0 Å². The molecule has 0 fully saturated rings. The molecule has 14 heavy (non-hydrogen) atoms. The maximum absolute atomic E-state index is 8.53. The fourth-order valence-corrected chi connectivity index (χ4v) is 2.46. The Hall–Kier alpha value is -1.19. The molecule has 6 heteroatoms. The van der Waals surface area contributed by atoms with Gasteiger partial charge in [-0.2, -0.15) is 5.26 Å². The van der Waals surface area contributed by atoms with E-state index in [-0.39, 0.29) is 5.82 Å². The van der Waals surface area contributed by atoms with Gasteiger partial charge in [0.05, 0.1) is 6.54 Å². The summed E-state index contributed by atoms with van der Waals surface area (Å²) in [5.74, 6) is 0.209. The number of rotatable bonds is 2. The topological polar surface area (TPSA) is 54.5 Å². The lowest BCUT2D eigenvalue weighted by atomic mass is 10.5. The van der Waals surface area contributed by atoms with E-state index >= 15 is 0 Å². The van der Waals surface area contributed by atoms with E-state index in [0.29, 0.717) is 6.54 Å². The number of halogens is 1. The van der Waals surface area contributed by atoms with E-state index in [9.17, 15) is 0 Å². The zero-order valence-corrected chi connectivity index (χ0v) is 9.42. The lowest BCUT2D eigenvalue weighted by molar-refractivity contribution is 0.690. The van der Waals surface area contributed by atoms with Crippen molar-refractivity contribution < 1.29 is 0 Å². The minimum absolute atomic E-state index is 0.209. The molecule has 70 valence electrons. The van der Waals surface area contributed by atoms with Gasteiger partial charge >= 0.3 is 0 Å². The first-order chi connectivity index (χ1) is 6.78. The summed E-state index contributed by atoms with van der Waals surface area (Å²) in [6, 6.07) is 3.92. The molecular formula is C8H5BrN4S. The third-order valence-electron chi connectivity index (χ3n) is 1.58. The number of thiophene rings is 1. The molecule has 0 aliphatic carbocycles. The fraction of sp³-hybridized carbons (Fsp3) is 0.125. The molecular weight excluding hydrogens is 264 g/mol. The van der Waals surface area contributed by atoms with Crippen LogP contribution in [0.25, 0.3) is 0 Å². The van der Waals surface area contributed by atoms with Crippen molar-refractivity contribution in [2.75, 3.05) is 0 Å². The van der Waals surface area contributed by atoms with Crippen molar-refractivity contribution in [2.45, 2.75) is 6.54 Å². The van der Waals surface area contributed by atoms with Crippen LogP contribution < -0.4 is 0 Å². The number of hydrogen-bond donors (Lipinski definition) is 0. The molecule has 0 aliphatic heterocycles. The predicted octanol–water partition coefficient (Wildman–Crippen LogP) is 2.02. The van der Waals surface area contributed by atoms with Gasteiger partial charge in [-0.15, -0.1) is 16.4 Å². The molecule has 0 saturated carbocycles. The van der Waals surface area contributed by atoms with Crippen LogP contribution in [0.2, 0.25) is 0 Å². The van der Waals surface area contributed by atoms with Crippen LogP contribution >= 0.6 is 27.3 Å². The molecule has 0 radical (unpaired) electrons. The predicted molar refractivity (Wildman–Crippen MR) is 55.9 cm³/mol. The molecule has 0 amide bonds. The second-order valence-electron chi connectivity index (χ2n) is 2.61. The van der Waals surface area contributed by atoms with Gasteiger partial charge in [0, 0.05) is 14.7 Å². The molecule has 0 spiro atoms. The molecule has 4 nitrogen and oxygen atoms in total. The summed E-state index contributed by atoms with van der Waals surface area (Å²) in [5, 5.41) is 14.5. The van der Waals surface area contributed by atoms with Crippen molar-refractivity contribution >= 4 is 27.3 Å². The van der Waals surface area contributed by atoms with E-state index < -0.39 is 0 Å². The van der Waals surface area contributed by atoms with Gasteiger partial charge in [0.1, 0.15) is 12.4 Å². The summed E-state index contributed by atoms with van der Waals surface area (Å²) in [7, 11) is 0. The average molecular weight is 269 g/mol. The second-order valence-corrected chi connectivity index (χ2v) is 4.52. The lowest BCUT2D eigenvalue weighted by Crippen LogP contribution is -1.98. The van der Waals surface area contributed by atoms with E-state index in [4.69, 9.17) is 5.26 Å². The number of nitriles is 1. The van der Waals surface area contributed by atoms with Crippen LogP contribution in [0.5, 0.6) is 0 Å². The van der Waals surface area contributed by atoms with E-state index in [1.807, 2.05) is 17.5 Å². The standard InChI is InChI=1S/C8H5BrN4S/c9-6-1-7(14-4-6)3-13-5-11-8(2-10)12-13/h1,4-5H,3H2. The highest BCUT2D eigenvalue weighted by Gasteiger charge is 2.01. The SMILES string of the molecule is N#Cc1ncn(Cc2cc(Br)cs2)n1. The van der Waals surface area contributed by atoms with Crippen LogP contribution in [-0.2, 0) is 6.54 Å². The van der Waals surface area contributed by atoms with Gasteiger partial charge in [0.2, 0.25) is 0 Å². The first kappa shape index (κ1) is 9.37. The highest BCUT2D eigenvalue weighted by Crippen LogP contribution is 2.20. The quantitative estimate of drug-likeness (QED) is 0.838. The van der Waals surface area contributed by atoms with Gasteiger partial charge in [0.25, 0.3) is 5.82 Å². The van der Waals surface area contributed by atoms with Gasteiger partial charge in [0.15, 0.2) is 0 Å². The minimum Gasteiger partial charge on any atom is -0.246 e. The maximum atomic E-state index is 8.53. The molecule has 2 aromatic heterocycles. The van der Waals surface area contributed by atoms with Gasteiger partial charge in [-0.25, -0.2) is 9.67 Å². The molecule has 2 aromatic rings. The third kappa shape index (κ3) is 2.00. The van der Waals surface area contributed by atoms with E-state index in [0.717, 1.165) is 4.47 Å². The van der Waals surface area contributed by atoms with Gasteiger partial charge in [-0.05, 0) is 22.0 Å². The molecule has 0 atom stereocenters. The fourth-order valence-electron chi connectivity index (χ4n) is 1.02. The Labute approximate surface area is 92.9 Å².